The van der Waals surface area contributed by atoms with Crippen molar-refractivity contribution >= 4 is 61.7 Å². The number of rotatable bonds is 13. The van der Waals surface area contributed by atoms with Crippen molar-refractivity contribution in [3.8, 4) is 0 Å². The zero-order valence-electron chi connectivity index (χ0n) is 25.4. The highest BCUT2D eigenvalue weighted by Crippen LogP contribution is 2.57. The lowest BCUT2D eigenvalue weighted by atomic mass is 10.0. The Bertz CT molecular complexity index is 1830. The first-order chi connectivity index (χ1) is 22.8. The quantitative estimate of drug-likeness (QED) is 0.125. The van der Waals surface area contributed by atoms with Crippen LogP contribution in [-0.2, 0) is 41.4 Å². The van der Waals surface area contributed by atoms with E-state index in [1.807, 2.05) is 0 Å². The maximum atomic E-state index is 15.2. The van der Waals surface area contributed by atoms with E-state index in [2.05, 4.69) is 44.8 Å². The number of ether oxygens (including phenoxy) is 3. The molecule has 0 radical (unpaired) electrons. The maximum absolute atomic E-state index is 15.2. The molecule has 0 amide bonds. The van der Waals surface area contributed by atoms with E-state index in [1.165, 1.54) is 45.7 Å². The minimum absolute atomic E-state index is 0.0818. The summed E-state index contributed by atoms with van der Waals surface area (Å²) in [5.41, 5.74) is 11.9. The fraction of sp³-hybridized carbons (Fsp3) is 0.583. The van der Waals surface area contributed by atoms with Crippen LogP contribution in [0.2, 0.25) is 0 Å². The second-order valence-electron chi connectivity index (χ2n) is 10.9. The van der Waals surface area contributed by atoms with Gasteiger partial charge in [0.1, 0.15) is 35.7 Å². The minimum Gasteiger partial charge on any atom is -0.382 e. The number of hydrogen-bond donors (Lipinski definition) is 5. The van der Waals surface area contributed by atoms with Gasteiger partial charge in [-0.3, -0.25) is 18.2 Å². The molecule has 3 aliphatic rings. The van der Waals surface area contributed by atoms with E-state index in [4.69, 9.17) is 43.8 Å². The number of hydrogen-bond acceptors (Lipinski definition) is 16. The molecule has 0 aromatic carbocycles. The number of nitrogens with zero attached hydrogens (tertiary/aromatic N) is 6. The van der Waals surface area contributed by atoms with Crippen LogP contribution < -0.4 is 22.5 Å². The van der Waals surface area contributed by atoms with E-state index in [0.717, 1.165) is 0 Å². The average Bonchev–Trinajstić information content (AvgIpc) is 3.79. The molecule has 264 valence electrons. The third kappa shape index (κ3) is 7.26. The van der Waals surface area contributed by atoms with Gasteiger partial charge in [0.05, 0.1) is 50.7 Å². The Morgan fingerprint density at radius 1 is 1.15 bits per heavy atom. The van der Waals surface area contributed by atoms with Crippen LogP contribution in [0.15, 0.2) is 34.6 Å². The fourth-order valence-electron chi connectivity index (χ4n) is 5.71. The number of alkyl halides is 1. The Balaban J connectivity index is 1.19. The molecule has 2 fully saturated rings. The second-order valence-corrected chi connectivity index (χ2v) is 16.7. The highest BCUT2D eigenvalue weighted by Gasteiger charge is 2.49. The van der Waals surface area contributed by atoms with Crippen molar-refractivity contribution in [2.45, 2.75) is 56.6 Å². The molecule has 4 unspecified atom stereocenters. The van der Waals surface area contributed by atoms with E-state index >= 15 is 4.39 Å². The van der Waals surface area contributed by atoms with Gasteiger partial charge in [0.15, 0.2) is 24.5 Å². The van der Waals surface area contributed by atoms with E-state index in [1.54, 1.807) is 13.0 Å². The molecular weight excluding hydrogens is 719 g/mol. The number of aromatic nitrogens is 5. The highest BCUT2D eigenvalue weighted by molar-refractivity contribution is 8.44. The van der Waals surface area contributed by atoms with E-state index in [0.29, 0.717) is 17.2 Å². The van der Waals surface area contributed by atoms with Gasteiger partial charge in [-0.05, 0) is 13.0 Å². The highest BCUT2D eigenvalue weighted by atomic mass is 32.7. The van der Waals surface area contributed by atoms with Crippen molar-refractivity contribution in [2.75, 3.05) is 32.7 Å². The Morgan fingerprint density at radius 2 is 1.92 bits per heavy atom. The number of methoxy groups -OCH3 is 1. The van der Waals surface area contributed by atoms with Crippen LogP contribution in [0, 0.1) is 5.92 Å². The minimum atomic E-state index is -4.25. The molecule has 0 spiro atoms. The molecule has 0 bridgehead atoms. The fourth-order valence-corrected chi connectivity index (χ4v) is 8.37. The first-order valence-corrected chi connectivity index (χ1v) is 19.9. The number of thiol groups is 2. The smallest absolute Gasteiger partial charge is 0.382 e. The lowest BCUT2D eigenvalue weighted by Gasteiger charge is -2.26. The lowest BCUT2D eigenvalue weighted by Crippen LogP contribution is -2.36. The zero-order valence-corrected chi connectivity index (χ0v) is 29.0. The Morgan fingerprint density at radius 3 is 2.67 bits per heavy atom. The molecule has 10 atom stereocenters. The first-order valence-electron chi connectivity index (χ1n) is 14.5. The van der Waals surface area contributed by atoms with Crippen LogP contribution in [0.25, 0.3) is 5.65 Å². The van der Waals surface area contributed by atoms with E-state index < -0.39 is 75.1 Å². The summed E-state index contributed by atoms with van der Waals surface area (Å²) in [4.78, 5) is 25.9. The summed E-state index contributed by atoms with van der Waals surface area (Å²) in [6, 6.07) is 1.54. The van der Waals surface area contributed by atoms with E-state index in [-0.39, 0.29) is 25.5 Å². The summed E-state index contributed by atoms with van der Waals surface area (Å²) in [5.74, 6) is -0.423. The van der Waals surface area contributed by atoms with Gasteiger partial charge >= 0.3 is 19.3 Å². The third-order valence-corrected chi connectivity index (χ3v) is 11.1. The maximum Gasteiger partial charge on any atom is 0.388 e. The van der Waals surface area contributed by atoms with Crippen molar-refractivity contribution in [2.24, 2.45) is 16.6 Å². The SMILES string of the molecule is CCOP(=O)(S)OC[C@H]1O[C@@H](n2ccc3nc(N)cn3c2=O)C(COP(=O)(S)O[C@@H]2C[C@@H](F)[C@H](n3cnc4c3N=CNC4N)O2)[C@@H]1OC. The summed E-state index contributed by atoms with van der Waals surface area (Å²) in [7, 11) is 1.38. The number of nitrogens with one attached hydrogen (secondary N) is 1. The molecule has 5 N–H and O–H groups in total. The van der Waals surface area contributed by atoms with Gasteiger partial charge in [0, 0.05) is 19.7 Å². The number of halogens is 1. The molecule has 0 aliphatic carbocycles. The Labute approximate surface area is 282 Å². The van der Waals surface area contributed by atoms with Crippen molar-refractivity contribution in [1.29, 1.82) is 0 Å². The van der Waals surface area contributed by atoms with Gasteiger partial charge in [0.25, 0.3) is 0 Å². The van der Waals surface area contributed by atoms with Crippen LogP contribution >= 0.6 is 38.1 Å². The first kappa shape index (κ1) is 35.5. The topological polar surface area (TPSA) is 232 Å². The van der Waals surface area contributed by atoms with Crippen molar-refractivity contribution in [1.82, 2.24) is 28.8 Å². The van der Waals surface area contributed by atoms with Crippen molar-refractivity contribution in [3.05, 3.63) is 41.0 Å². The van der Waals surface area contributed by atoms with Crippen LogP contribution in [0.3, 0.4) is 0 Å². The monoisotopic (exact) mass is 753 g/mol. The molecule has 3 aromatic rings. The molecule has 6 heterocycles. The molecule has 2 saturated heterocycles. The largest absolute Gasteiger partial charge is 0.388 e. The van der Waals surface area contributed by atoms with Crippen LogP contribution in [0.4, 0.5) is 16.0 Å². The van der Waals surface area contributed by atoms with Gasteiger partial charge in [-0.1, -0.05) is 24.5 Å². The molecule has 3 aliphatic heterocycles. The number of anilines is 1. The predicted octanol–water partition coefficient (Wildman–Crippen LogP) is 2.47. The van der Waals surface area contributed by atoms with Gasteiger partial charge in [-0.15, -0.1) is 0 Å². The number of nitrogens with two attached hydrogens (primary N) is 2. The standard InChI is InChI=1S/C24H34FN9O10P2S2/c1-3-39-45(36,47)41-9-14-19(38-2)12(22(42-14)32-5-4-16-31-15(26)7-33(16)24(32)35)8-40-46(37,48)44-17-6-13(25)23(43-17)34-11-30-18-20(27)28-10-29-21(18)34/h4-5,7,10-14,17,19-20,22-23H,3,6,8-9,26-27H2,1-2H3,(H,28,29)(H,36,47)(H,37,48)/t12?,13-,14-,17-,19+,20?,22-,23-,45?,46?/m1/s1. The average molecular weight is 754 g/mol. The summed E-state index contributed by atoms with van der Waals surface area (Å²) in [5, 5.41) is 2.80. The summed E-state index contributed by atoms with van der Waals surface area (Å²) < 4.78 is 84.3. The molecule has 24 heteroatoms. The van der Waals surface area contributed by atoms with Gasteiger partial charge in [0.2, 0.25) is 0 Å². The molecule has 0 saturated carbocycles. The number of fused-ring (bicyclic) bond motifs is 2. The normalized spacial score (nSPS) is 31.0. The Hall–Kier alpha value is -2.33. The summed E-state index contributed by atoms with van der Waals surface area (Å²) in [6.07, 6.45) is -2.45. The Kier molecular flexibility index (Phi) is 10.4. The van der Waals surface area contributed by atoms with Gasteiger partial charge in [-0.2, -0.15) is 0 Å². The van der Waals surface area contributed by atoms with Gasteiger partial charge < -0.3 is 40.0 Å². The van der Waals surface area contributed by atoms with E-state index in [9.17, 15) is 13.9 Å². The molecule has 19 nitrogen and oxygen atoms in total. The lowest BCUT2D eigenvalue weighted by molar-refractivity contribution is -0.106. The summed E-state index contributed by atoms with van der Waals surface area (Å²) >= 11 is 8.07. The number of nitrogen functional groups attached to an aromatic ring is 1. The van der Waals surface area contributed by atoms with Gasteiger partial charge in [-0.25, -0.2) is 37.7 Å². The molecule has 3 aromatic heterocycles. The molecular formula is C24H34FN9O10P2S2. The zero-order chi connectivity index (χ0) is 34.4. The number of aliphatic imine (C=N–C) groups is 1. The predicted molar refractivity (Wildman–Crippen MR) is 174 cm³/mol. The van der Waals surface area contributed by atoms with Crippen LogP contribution in [-0.4, -0.2) is 81.4 Å². The second kappa shape index (κ2) is 14.1. The van der Waals surface area contributed by atoms with Crippen molar-refractivity contribution < 1.29 is 45.8 Å². The third-order valence-electron chi connectivity index (χ3n) is 7.78. The van der Waals surface area contributed by atoms with Crippen molar-refractivity contribution in [3.63, 3.8) is 0 Å². The van der Waals surface area contributed by atoms with Crippen LogP contribution in [0.1, 0.15) is 37.7 Å². The number of imidazole rings is 2. The van der Waals surface area contributed by atoms with Crippen LogP contribution in [0.5, 0.6) is 0 Å². The molecule has 6 rings (SSSR count). The molecule has 48 heavy (non-hydrogen) atoms. The summed E-state index contributed by atoms with van der Waals surface area (Å²) in [6.45, 7) is -6.99.